The lowest BCUT2D eigenvalue weighted by Crippen LogP contribution is -2.31. The average Bonchev–Trinajstić information content (AvgIpc) is 3.16. The summed E-state index contributed by atoms with van der Waals surface area (Å²) in [5, 5.41) is 4.35. The third-order valence-electron chi connectivity index (χ3n) is 4.24. The highest BCUT2D eigenvalue weighted by Crippen LogP contribution is 2.34. The first kappa shape index (κ1) is 13.9. The van der Waals surface area contributed by atoms with Gasteiger partial charge in [0.2, 0.25) is 0 Å². The number of carbonyl (C=O) groups is 1. The molecule has 0 radical (unpaired) electrons. The maximum atomic E-state index is 12.7. The predicted octanol–water partition coefficient (Wildman–Crippen LogP) is 3.19. The first-order valence-electron chi connectivity index (χ1n) is 7.60. The molecule has 4 nitrogen and oxygen atoms in total. The average molecular weight is 283 g/mol. The Morgan fingerprint density at radius 1 is 1.33 bits per heavy atom. The molecular formula is C17H21N3O. The fourth-order valence-electron chi connectivity index (χ4n) is 3.09. The van der Waals surface area contributed by atoms with Crippen molar-refractivity contribution in [1.82, 2.24) is 14.7 Å². The van der Waals surface area contributed by atoms with Crippen molar-refractivity contribution in [2.75, 3.05) is 6.54 Å². The molecule has 1 aromatic carbocycles. The molecule has 1 aliphatic heterocycles. The highest BCUT2D eigenvalue weighted by Gasteiger charge is 2.32. The van der Waals surface area contributed by atoms with E-state index in [-0.39, 0.29) is 11.9 Å². The molecule has 0 aliphatic carbocycles. The van der Waals surface area contributed by atoms with E-state index < -0.39 is 0 Å². The standard InChI is InChI=1S/C17H21N3O/c1-3-19-12-10-15(18-19)17(21)20-11-6-9-16(20)14-8-5-4-7-13(14)2/h4-5,7-8,10,12,16H,3,6,9,11H2,1-2H3. The van der Waals surface area contributed by atoms with Crippen molar-refractivity contribution in [2.45, 2.75) is 39.3 Å². The smallest absolute Gasteiger partial charge is 0.274 e. The van der Waals surface area contributed by atoms with Crippen molar-refractivity contribution in [3.8, 4) is 0 Å². The second-order valence-corrected chi connectivity index (χ2v) is 5.57. The molecule has 2 aromatic rings. The molecule has 2 heterocycles. The van der Waals surface area contributed by atoms with Crippen LogP contribution in [0.3, 0.4) is 0 Å². The molecular weight excluding hydrogens is 262 g/mol. The van der Waals surface area contributed by atoms with Crippen LogP contribution in [-0.4, -0.2) is 27.1 Å². The minimum absolute atomic E-state index is 0.0490. The van der Waals surface area contributed by atoms with Crippen LogP contribution in [0.4, 0.5) is 0 Å². The van der Waals surface area contributed by atoms with Gasteiger partial charge in [-0.2, -0.15) is 5.10 Å². The van der Waals surface area contributed by atoms with Crippen molar-refractivity contribution in [1.29, 1.82) is 0 Å². The van der Waals surface area contributed by atoms with Gasteiger partial charge in [-0.1, -0.05) is 24.3 Å². The molecule has 1 unspecified atom stereocenters. The predicted molar refractivity (Wildman–Crippen MR) is 82.1 cm³/mol. The maximum absolute atomic E-state index is 12.7. The SMILES string of the molecule is CCn1ccc(C(=O)N2CCCC2c2ccccc2C)n1. The Morgan fingerprint density at radius 2 is 2.14 bits per heavy atom. The molecule has 1 saturated heterocycles. The quantitative estimate of drug-likeness (QED) is 0.867. The van der Waals surface area contributed by atoms with E-state index in [4.69, 9.17) is 0 Å². The number of benzene rings is 1. The van der Waals surface area contributed by atoms with E-state index in [1.807, 2.05) is 30.2 Å². The first-order valence-corrected chi connectivity index (χ1v) is 7.60. The fraction of sp³-hybridized carbons (Fsp3) is 0.412. The van der Waals surface area contributed by atoms with Crippen LogP contribution in [0.1, 0.15) is 47.4 Å². The number of likely N-dealkylation sites (tertiary alicyclic amines) is 1. The Balaban J connectivity index is 1.87. The van der Waals surface area contributed by atoms with Crippen molar-refractivity contribution >= 4 is 5.91 Å². The van der Waals surface area contributed by atoms with Crippen LogP contribution in [0.2, 0.25) is 0 Å². The summed E-state index contributed by atoms with van der Waals surface area (Å²) in [6.45, 7) is 5.74. The zero-order chi connectivity index (χ0) is 14.8. The Kier molecular flexibility index (Phi) is 3.78. The molecule has 0 saturated carbocycles. The van der Waals surface area contributed by atoms with Gasteiger partial charge in [0.05, 0.1) is 6.04 Å². The van der Waals surface area contributed by atoms with Gasteiger partial charge in [0.15, 0.2) is 0 Å². The Bertz CT molecular complexity index is 647. The largest absolute Gasteiger partial charge is 0.330 e. The Labute approximate surface area is 125 Å². The van der Waals surface area contributed by atoms with Crippen LogP contribution in [-0.2, 0) is 6.54 Å². The molecule has 0 bridgehead atoms. The summed E-state index contributed by atoms with van der Waals surface area (Å²) in [5.41, 5.74) is 3.07. The Hall–Kier alpha value is -2.10. The van der Waals surface area contributed by atoms with Gasteiger partial charge in [0.25, 0.3) is 5.91 Å². The third kappa shape index (κ3) is 2.58. The van der Waals surface area contributed by atoms with Crippen molar-refractivity contribution < 1.29 is 4.79 Å². The normalized spacial score (nSPS) is 18.2. The number of amides is 1. The van der Waals surface area contributed by atoms with Crippen LogP contribution in [0.25, 0.3) is 0 Å². The highest BCUT2D eigenvalue weighted by molar-refractivity contribution is 5.92. The second kappa shape index (κ2) is 5.72. The van der Waals surface area contributed by atoms with Crippen molar-refractivity contribution in [3.05, 3.63) is 53.3 Å². The number of hydrogen-bond donors (Lipinski definition) is 0. The number of aryl methyl sites for hydroxylation is 2. The van der Waals surface area contributed by atoms with E-state index in [0.29, 0.717) is 5.69 Å². The fourth-order valence-corrected chi connectivity index (χ4v) is 3.09. The van der Waals surface area contributed by atoms with Gasteiger partial charge in [-0.3, -0.25) is 9.48 Å². The maximum Gasteiger partial charge on any atom is 0.274 e. The van der Waals surface area contributed by atoms with Crippen molar-refractivity contribution in [2.24, 2.45) is 0 Å². The van der Waals surface area contributed by atoms with Gasteiger partial charge in [0.1, 0.15) is 5.69 Å². The molecule has 0 spiro atoms. The van der Waals surface area contributed by atoms with Gasteiger partial charge >= 0.3 is 0 Å². The van der Waals surface area contributed by atoms with Crippen LogP contribution in [0.15, 0.2) is 36.5 Å². The summed E-state index contributed by atoms with van der Waals surface area (Å²) < 4.78 is 1.80. The lowest BCUT2D eigenvalue weighted by molar-refractivity contribution is 0.0728. The third-order valence-corrected chi connectivity index (χ3v) is 4.24. The Morgan fingerprint density at radius 3 is 2.86 bits per heavy atom. The van der Waals surface area contributed by atoms with E-state index in [1.54, 1.807) is 4.68 Å². The number of aromatic nitrogens is 2. The molecule has 110 valence electrons. The summed E-state index contributed by atoms with van der Waals surface area (Å²) in [6.07, 6.45) is 3.95. The lowest BCUT2D eigenvalue weighted by atomic mass is 9.99. The molecule has 1 amide bonds. The van der Waals surface area contributed by atoms with Gasteiger partial charge in [0, 0.05) is 19.3 Å². The molecule has 1 aliphatic rings. The molecule has 21 heavy (non-hydrogen) atoms. The summed E-state index contributed by atoms with van der Waals surface area (Å²) in [5.74, 6) is 0.0490. The van der Waals surface area contributed by atoms with Gasteiger partial charge < -0.3 is 4.90 Å². The summed E-state index contributed by atoms with van der Waals surface area (Å²) in [4.78, 5) is 14.7. The van der Waals surface area contributed by atoms with Gasteiger partial charge in [-0.25, -0.2) is 0 Å². The molecule has 3 rings (SSSR count). The molecule has 4 heteroatoms. The zero-order valence-corrected chi connectivity index (χ0v) is 12.6. The number of carbonyl (C=O) groups excluding carboxylic acids is 1. The molecule has 1 atom stereocenters. The summed E-state index contributed by atoms with van der Waals surface area (Å²) >= 11 is 0. The van der Waals surface area contributed by atoms with E-state index in [9.17, 15) is 4.79 Å². The van der Waals surface area contributed by atoms with Crippen LogP contribution in [0.5, 0.6) is 0 Å². The second-order valence-electron chi connectivity index (χ2n) is 5.57. The number of hydrogen-bond acceptors (Lipinski definition) is 2. The minimum Gasteiger partial charge on any atom is -0.330 e. The molecule has 1 aromatic heterocycles. The van der Waals surface area contributed by atoms with E-state index in [1.165, 1.54) is 11.1 Å². The summed E-state index contributed by atoms with van der Waals surface area (Å²) in [6, 6.07) is 10.3. The molecule has 1 fully saturated rings. The van der Waals surface area contributed by atoms with E-state index >= 15 is 0 Å². The van der Waals surface area contributed by atoms with E-state index in [0.717, 1.165) is 25.9 Å². The topological polar surface area (TPSA) is 38.1 Å². The van der Waals surface area contributed by atoms with Crippen LogP contribution >= 0.6 is 0 Å². The molecule has 0 N–H and O–H groups in total. The lowest BCUT2D eigenvalue weighted by Gasteiger charge is -2.25. The van der Waals surface area contributed by atoms with Gasteiger partial charge in [-0.05, 0) is 43.9 Å². The minimum atomic E-state index is 0.0490. The van der Waals surface area contributed by atoms with Crippen LogP contribution in [0, 0.1) is 6.92 Å². The van der Waals surface area contributed by atoms with Crippen LogP contribution < -0.4 is 0 Å². The highest BCUT2D eigenvalue weighted by atomic mass is 16.2. The van der Waals surface area contributed by atoms with Gasteiger partial charge in [-0.15, -0.1) is 0 Å². The van der Waals surface area contributed by atoms with E-state index in [2.05, 4.69) is 30.2 Å². The first-order chi connectivity index (χ1) is 10.2. The number of rotatable bonds is 3. The number of nitrogens with zero attached hydrogens (tertiary/aromatic N) is 3. The summed E-state index contributed by atoms with van der Waals surface area (Å²) in [7, 11) is 0. The van der Waals surface area contributed by atoms with Crippen molar-refractivity contribution in [3.63, 3.8) is 0 Å². The zero-order valence-electron chi connectivity index (χ0n) is 12.6. The monoisotopic (exact) mass is 283 g/mol.